The van der Waals surface area contributed by atoms with Gasteiger partial charge in [-0.25, -0.2) is 0 Å². The van der Waals surface area contributed by atoms with Crippen molar-refractivity contribution in [3.63, 3.8) is 0 Å². The molecule has 0 saturated carbocycles. The topological polar surface area (TPSA) is 0 Å². The molecule has 2 aromatic carbocycles. The van der Waals surface area contributed by atoms with Gasteiger partial charge in [0.25, 0.3) is 0 Å². The molecule has 0 heteroatoms. The lowest BCUT2D eigenvalue weighted by Gasteiger charge is -1.94. The first-order chi connectivity index (χ1) is 8.84. The van der Waals surface area contributed by atoms with Crippen LogP contribution in [-0.2, 0) is 0 Å². The SMILES string of the molecule is C=C(C=Cc1ccccc1)/C=C/c1ccccc1. The highest BCUT2D eigenvalue weighted by molar-refractivity contribution is 5.58. The number of hydrogen-bond acceptors (Lipinski definition) is 0. The molecule has 0 saturated heterocycles. The highest BCUT2D eigenvalue weighted by atomic mass is 13.9. The van der Waals surface area contributed by atoms with Gasteiger partial charge in [-0.2, -0.15) is 0 Å². The van der Waals surface area contributed by atoms with Crippen LogP contribution in [0.2, 0.25) is 0 Å². The molecule has 0 bridgehead atoms. The molecule has 0 aliphatic carbocycles. The van der Waals surface area contributed by atoms with Crippen molar-refractivity contribution in [3.8, 4) is 0 Å². The van der Waals surface area contributed by atoms with E-state index in [0.29, 0.717) is 0 Å². The zero-order chi connectivity index (χ0) is 12.6. The maximum atomic E-state index is 4.01. The van der Waals surface area contributed by atoms with E-state index in [0.717, 1.165) is 5.57 Å². The number of hydrogen-bond donors (Lipinski definition) is 0. The summed E-state index contributed by atoms with van der Waals surface area (Å²) in [6, 6.07) is 20.4. The minimum absolute atomic E-state index is 0.989. The summed E-state index contributed by atoms with van der Waals surface area (Å²) in [7, 11) is 0. The molecule has 18 heavy (non-hydrogen) atoms. The third-order valence-electron chi connectivity index (χ3n) is 2.58. The average molecular weight is 232 g/mol. The van der Waals surface area contributed by atoms with Crippen LogP contribution in [0.3, 0.4) is 0 Å². The van der Waals surface area contributed by atoms with Gasteiger partial charge in [-0.05, 0) is 16.7 Å². The van der Waals surface area contributed by atoms with Crippen molar-refractivity contribution >= 4 is 12.2 Å². The van der Waals surface area contributed by atoms with E-state index < -0.39 is 0 Å². The number of rotatable bonds is 4. The summed E-state index contributed by atoms with van der Waals surface area (Å²) >= 11 is 0. The predicted octanol–water partition coefficient (Wildman–Crippen LogP) is 4.97. The zero-order valence-electron chi connectivity index (χ0n) is 10.3. The summed E-state index contributed by atoms with van der Waals surface area (Å²) < 4.78 is 0. The maximum absolute atomic E-state index is 4.01. The molecule has 0 spiro atoms. The molecule has 88 valence electrons. The minimum atomic E-state index is 0.989. The van der Waals surface area contributed by atoms with Crippen LogP contribution in [0.25, 0.3) is 12.2 Å². The summed E-state index contributed by atoms with van der Waals surface area (Å²) in [5, 5.41) is 0. The van der Waals surface area contributed by atoms with Gasteiger partial charge in [-0.15, -0.1) is 0 Å². The summed E-state index contributed by atoms with van der Waals surface area (Å²) in [5.74, 6) is 0. The minimum Gasteiger partial charge on any atom is -0.0918 e. The van der Waals surface area contributed by atoms with E-state index in [-0.39, 0.29) is 0 Å². The molecule has 0 radical (unpaired) electrons. The molecule has 2 aromatic rings. The Bertz CT molecular complexity index is 494. The molecule has 0 nitrogen and oxygen atoms in total. The number of allylic oxidation sites excluding steroid dienone is 3. The lowest BCUT2D eigenvalue weighted by Crippen LogP contribution is -1.72. The fraction of sp³-hybridized carbons (Fsp3) is 0. The molecule has 0 atom stereocenters. The van der Waals surface area contributed by atoms with Crippen molar-refractivity contribution in [1.82, 2.24) is 0 Å². The van der Waals surface area contributed by atoms with E-state index in [1.807, 2.05) is 48.6 Å². The van der Waals surface area contributed by atoms with Crippen LogP contribution < -0.4 is 0 Å². The predicted molar refractivity (Wildman–Crippen MR) is 80.1 cm³/mol. The van der Waals surface area contributed by atoms with Crippen molar-refractivity contribution < 1.29 is 0 Å². The van der Waals surface area contributed by atoms with Crippen LogP contribution in [0.5, 0.6) is 0 Å². The molecule has 0 fully saturated rings. The summed E-state index contributed by atoms with van der Waals surface area (Å²) in [6.07, 6.45) is 8.18. The zero-order valence-corrected chi connectivity index (χ0v) is 10.3. The normalized spacial score (nSPS) is 11.1. The van der Waals surface area contributed by atoms with Gasteiger partial charge in [-0.3, -0.25) is 0 Å². The standard InChI is InChI=1S/C18H16/c1-16(12-14-17-8-4-2-5-9-17)13-15-18-10-6-3-7-11-18/h2-15H,1H2/b14-12+,15-13?. The van der Waals surface area contributed by atoms with E-state index in [1.54, 1.807) is 0 Å². The molecule has 0 aliphatic rings. The van der Waals surface area contributed by atoms with E-state index in [2.05, 4.69) is 43.0 Å². The first kappa shape index (κ1) is 12.1. The Kier molecular flexibility index (Phi) is 4.32. The van der Waals surface area contributed by atoms with Crippen LogP contribution >= 0.6 is 0 Å². The lowest BCUT2D eigenvalue weighted by molar-refractivity contribution is 1.64. The second-order valence-electron chi connectivity index (χ2n) is 4.06. The lowest BCUT2D eigenvalue weighted by atomic mass is 10.1. The third-order valence-corrected chi connectivity index (χ3v) is 2.58. The summed E-state index contributed by atoms with van der Waals surface area (Å²) in [6.45, 7) is 4.01. The Labute approximate surface area is 109 Å². The maximum Gasteiger partial charge on any atom is -0.0256 e. The Hall–Kier alpha value is -2.34. The van der Waals surface area contributed by atoms with E-state index in [1.165, 1.54) is 11.1 Å². The van der Waals surface area contributed by atoms with Gasteiger partial charge < -0.3 is 0 Å². The second-order valence-corrected chi connectivity index (χ2v) is 4.06. The van der Waals surface area contributed by atoms with Crippen LogP contribution in [0.15, 0.2) is 85.0 Å². The Balaban J connectivity index is 1.97. The quantitative estimate of drug-likeness (QED) is 0.653. The highest BCUT2D eigenvalue weighted by Gasteiger charge is 1.86. The van der Waals surface area contributed by atoms with Crippen LogP contribution in [0.1, 0.15) is 11.1 Å². The van der Waals surface area contributed by atoms with Gasteiger partial charge in [0.1, 0.15) is 0 Å². The third kappa shape index (κ3) is 3.91. The van der Waals surface area contributed by atoms with Gasteiger partial charge in [0.05, 0.1) is 0 Å². The van der Waals surface area contributed by atoms with Gasteiger partial charge in [0.2, 0.25) is 0 Å². The van der Waals surface area contributed by atoms with Crippen LogP contribution in [0.4, 0.5) is 0 Å². The fourth-order valence-corrected chi connectivity index (χ4v) is 1.59. The largest absolute Gasteiger partial charge is 0.0918 e. The molecule has 0 heterocycles. The Morgan fingerprint density at radius 2 is 1.06 bits per heavy atom. The van der Waals surface area contributed by atoms with Crippen molar-refractivity contribution in [3.05, 3.63) is 96.1 Å². The van der Waals surface area contributed by atoms with Crippen LogP contribution in [-0.4, -0.2) is 0 Å². The first-order valence-corrected chi connectivity index (χ1v) is 6.00. The number of benzene rings is 2. The molecule has 0 aromatic heterocycles. The van der Waals surface area contributed by atoms with Crippen molar-refractivity contribution in [1.29, 1.82) is 0 Å². The molecule has 0 N–H and O–H groups in total. The Morgan fingerprint density at radius 3 is 1.44 bits per heavy atom. The molecule has 0 amide bonds. The average Bonchev–Trinajstić information content (AvgIpc) is 2.45. The van der Waals surface area contributed by atoms with Gasteiger partial charge >= 0.3 is 0 Å². The highest BCUT2D eigenvalue weighted by Crippen LogP contribution is 2.07. The van der Waals surface area contributed by atoms with E-state index in [4.69, 9.17) is 0 Å². The van der Waals surface area contributed by atoms with Crippen molar-refractivity contribution in [2.45, 2.75) is 0 Å². The molecular formula is C18H16. The van der Waals surface area contributed by atoms with Crippen molar-refractivity contribution in [2.75, 3.05) is 0 Å². The molecule has 0 unspecified atom stereocenters. The second kappa shape index (κ2) is 6.41. The smallest absolute Gasteiger partial charge is 0.0256 e. The fourth-order valence-electron chi connectivity index (χ4n) is 1.59. The van der Waals surface area contributed by atoms with E-state index >= 15 is 0 Å². The van der Waals surface area contributed by atoms with E-state index in [9.17, 15) is 0 Å². The summed E-state index contributed by atoms with van der Waals surface area (Å²) in [4.78, 5) is 0. The first-order valence-electron chi connectivity index (χ1n) is 6.00. The van der Waals surface area contributed by atoms with Gasteiger partial charge in [0, 0.05) is 0 Å². The summed E-state index contributed by atoms with van der Waals surface area (Å²) in [5.41, 5.74) is 3.36. The van der Waals surface area contributed by atoms with Gasteiger partial charge in [0.15, 0.2) is 0 Å². The molecular weight excluding hydrogens is 216 g/mol. The van der Waals surface area contributed by atoms with Gasteiger partial charge in [-0.1, -0.05) is 91.5 Å². The van der Waals surface area contributed by atoms with Crippen LogP contribution in [0, 0.1) is 0 Å². The monoisotopic (exact) mass is 232 g/mol. The Morgan fingerprint density at radius 1 is 0.667 bits per heavy atom. The molecule has 2 rings (SSSR count). The molecule has 0 aliphatic heterocycles. The van der Waals surface area contributed by atoms with Crippen molar-refractivity contribution in [2.24, 2.45) is 0 Å².